The van der Waals surface area contributed by atoms with E-state index in [1.165, 1.54) is 0 Å². The Hall–Kier alpha value is -0.800. The zero-order valence-corrected chi connectivity index (χ0v) is 11.7. The second kappa shape index (κ2) is 5.35. The first-order valence-electron chi connectivity index (χ1n) is 4.97. The molecule has 0 aliphatic carbocycles. The summed E-state index contributed by atoms with van der Waals surface area (Å²) in [7, 11) is -1.79. The average Bonchev–Trinajstić information content (AvgIpc) is 2.21. The van der Waals surface area contributed by atoms with Gasteiger partial charge in [0.1, 0.15) is 9.75 Å². The zero-order valence-electron chi connectivity index (χ0n) is 10.1. The fourth-order valence-electron chi connectivity index (χ4n) is 1.16. The van der Waals surface area contributed by atoms with Gasteiger partial charge in [-0.25, -0.2) is 0 Å². The van der Waals surface area contributed by atoms with E-state index in [1.54, 1.807) is 0 Å². The molecule has 0 saturated carbocycles. The molecule has 1 rings (SSSR count). The molecule has 0 saturated heterocycles. The molecule has 0 nitrogen and oxygen atoms in total. The van der Waals surface area contributed by atoms with Gasteiger partial charge < -0.3 is 0 Å². The largest absolute Gasteiger partial charge is 0.460 e. The van der Waals surface area contributed by atoms with Crippen LogP contribution in [-0.4, -0.2) is 24.2 Å². The number of hydrogen-bond acceptors (Lipinski definition) is 2. The van der Waals surface area contributed by atoms with Crippen LogP contribution in [0.25, 0.3) is 0 Å². The molecule has 1 heterocycles. The van der Waals surface area contributed by atoms with Crippen molar-refractivity contribution in [2.45, 2.75) is 36.0 Å². The van der Waals surface area contributed by atoms with Gasteiger partial charge in [0.25, 0.3) is 0 Å². The van der Waals surface area contributed by atoms with Gasteiger partial charge in [0.05, 0.1) is 0 Å². The normalized spacial score (nSPS) is 15.9. The van der Waals surface area contributed by atoms with Crippen LogP contribution in [0.3, 0.4) is 0 Å². The van der Waals surface area contributed by atoms with E-state index >= 15 is 0 Å². The summed E-state index contributed by atoms with van der Waals surface area (Å²) in [6.45, 7) is 0. The predicted octanol–water partition coefficient (Wildman–Crippen LogP) is 6.39. The number of alkyl halides is 14. The fraction of sp³-hybridized carbons (Fsp3) is 0.750. The molecule has 1 aromatic heterocycles. The van der Waals surface area contributed by atoms with Crippen LogP contribution < -0.4 is 0 Å². The van der Waals surface area contributed by atoms with Gasteiger partial charge in [-0.2, -0.15) is 61.5 Å². The minimum absolute atomic E-state index is 0.897. The molecule has 0 radical (unpaired) electrons. The van der Waals surface area contributed by atoms with Gasteiger partial charge in [-0.05, 0) is 0 Å². The summed E-state index contributed by atoms with van der Waals surface area (Å²) in [4.78, 5) is -5.83. The van der Waals surface area contributed by atoms with E-state index in [-0.39, 0.29) is 0 Å². The summed E-state index contributed by atoms with van der Waals surface area (Å²) >= 11 is 0. The van der Waals surface area contributed by atoms with Crippen LogP contribution >= 0.6 is 20.7 Å². The van der Waals surface area contributed by atoms with Gasteiger partial charge in [-0.1, -0.05) is 20.7 Å². The van der Waals surface area contributed by atoms with Crippen LogP contribution in [0.2, 0.25) is 0 Å². The van der Waals surface area contributed by atoms with Gasteiger partial charge in [0, 0.05) is 0 Å². The molecule has 0 unspecified atom stereocenters. The maximum absolute atomic E-state index is 13.2. The third-order valence-electron chi connectivity index (χ3n) is 2.49. The van der Waals surface area contributed by atoms with Crippen molar-refractivity contribution < 1.29 is 61.5 Å². The summed E-state index contributed by atoms with van der Waals surface area (Å²) in [6, 6.07) is 0. The van der Waals surface area contributed by atoms with Crippen LogP contribution in [0.5, 0.6) is 0 Å². The Balaban J connectivity index is 3.45. The Labute approximate surface area is 129 Å². The highest BCUT2D eigenvalue weighted by Crippen LogP contribution is 2.62. The number of hydrogen-bond donors (Lipinski definition) is 0. The lowest BCUT2D eigenvalue weighted by atomic mass is 10.0. The molecule has 0 atom stereocenters. The topological polar surface area (TPSA) is 0 Å². The van der Waals surface area contributed by atoms with Crippen molar-refractivity contribution in [2.75, 3.05) is 0 Å². The van der Waals surface area contributed by atoms with Crippen molar-refractivity contribution in [1.29, 1.82) is 0 Å². The standard InChI is InChI=1S/C8F14S2/c9-3(10,5(13,14)7(17,18)19)1-2(24-23-1)4(11,12)6(15,16)8(20,21)22. The van der Waals surface area contributed by atoms with E-state index in [9.17, 15) is 61.5 Å². The Bertz CT molecular complexity index is 532. The summed E-state index contributed by atoms with van der Waals surface area (Å²) in [6.07, 6.45) is -13.9. The average molecular weight is 426 g/mol. The first kappa shape index (κ1) is 21.2. The third-order valence-corrected chi connectivity index (χ3v) is 5.20. The molecule has 16 heteroatoms. The van der Waals surface area contributed by atoms with Crippen molar-refractivity contribution in [3.63, 3.8) is 0 Å². The summed E-state index contributed by atoms with van der Waals surface area (Å²) in [5.41, 5.74) is 0. The lowest BCUT2D eigenvalue weighted by molar-refractivity contribution is -0.365. The Morgan fingerprint density at radius 1 is 0.417 bits per heavy atom. The van der Waals surface area contributed by atoms with E-state index in [2.05, 4.69) is 0 Å². The molecular formula is C8F14S2. The van der Waals surface area contributed by atoms with Crippen molar-refractivity contribution in [3.05, 3.63) is 9.75 Å². The van der Waals surface area contributed by atoms with Gasteiger partial charge in [0.2, 0.25) is 0 Å². The molecule has 0 aliphatic heterocycles. The van der Waals surface area contributed by atoms with Crippen molar-refractivity contribution >= 4 is 20.7 Å². The Kier molecular flexibility index (Phi) is 4.73. The molecule has 0 bridgehead atoms. The molecule has 0 amide bonds. The number of halogens is 14. The maximum atomic E-state index is 13.2. The molecule has 0 N–H and O–H groups in total. The minimum atomic E-state index is -6.97. The van der Waals surface area contributed by atoms with E-state index in [0.717, 1.165) is 0 Å². The molecule has 1 aromatic rings. The van der Waals surface area contributed by atoms with Crippen molar-refractivity contribution in [1.82, 2.24) is 0 Å². The van der Waals surface area contributed by atoms with E-state index in [0.29, 0.717) is 0 Å². The van der Waals surface area contributed by atoms with E-state index in [4.69, 9.17) is 0 Å². The SMILES string of the molecule is FC(F)(F)C(F)(F)C(F)(F)c1ssc1C(F)(F)C(F)(F)C(F)(F)F. The number of rotatable bonds is 4. The summed E-state index contributed by atoms with van der Waals surface area (Å²) in [5, 5.41) is 0. The van der Waals surface area contributed by atoms with Crippen molar-refractivity contribution in [2.24, 2.45) is 0 Å². The summed E-state index contributed by atoms with van der Waals surface area (Å²) < 4.78 is 175. The zero-order chi connectivity index (χ0) is 19.6. The van der Waals surface area contributed by atoms with E-state index in [1.807, 2.05) is 0 Å². The van der Waals surface area contributed by atoms with Gasteiger partial charge >= 0.3 is 36.0 Å². The fourth-order valence-corrected chi connectivity index (χ4v) is 3.51. The highest BCUT2D eigenvalue weighted by Gasteiger charge is 2.79. The minimum Gasteiger partial charge on any atom is -0.193 e. The van der Waals surface area contributed by atoms with Gasteiger partial charge in [-0.15, -0.1) is 0 Å². The second-order valence-corrected chi connectivity index (χ2v) is 6.27. The van der Waals surface area contributed by atoms with Crippen LogP contribution in [0.4, 0.5) is 61.5 Å². The molecule has 0 fully saturated rings. The molecule has 142 valence electrons. The quantitative estimate of drug-likeness (QED) is 0.387. The maximum Gasteiger partial charge on any atom is 0.460 e. The first-order valence-corrected chi connectivity index (χ1v) is 7.12. The van der Waals surface area contributed by atoms with Crippen LogP contribution in [-0.2, 0) is 11.8 Å². The Morgan fingerprint density at radius 2 is 0.625 bits per heavy atom. The highest BCUT2D eigenvalue weighted by atomic mass is 32.9. The molecule has 0 spiro atoms. The summed E-state index contributed by atoms with van der Waals surface area (Å²) in [5.74, 6) is -26.9. The monoisotopic (exact) mass is 426 g/mol. The second-order valence-electron chi connectivity index (χ2n) is 4.12. The van der Waals surface area contributed by atoms with Gasteiger partial charge in [-0.3, -0.25) is 0 Å². The van der Waals surface area contributed by atoms with Crippen LogP contribution in [0, 0.1) is 0 Å². The third kappa shape index (κ3) is 2.74. The first-order chi connectivity index (χ1) is 10.2. The smallest absolute Gasteiger partial charge is 0.193 e. The van der Waals surface area contributed by atoms with Crippen LogP contribution in [0.15, 0.2) is 0 Å². The predicted molar refractivity (Wildman–Crippen MR) is 52.0 cm³/mol. The molecule has 24 heavy (non-hydrogen) atoms. The van der Waals surface area contributed by atoms with Crippen molar-refractivity contribution in [3.8, 4) is 0 Å². The van der Waals surface area contributed by atoms with Gasteiger partial charge in [0.15, 0.2) is 0 Å². The lowest BCUT2D eigenvalue weighted by Crippen LogP contribution is -2.53. The molecule has 0 aromatic carbocycles. The molecular weight excluding hydrogens is 426 g/mol. The Morgan fingerprint density at radius 3 is 0.750 bits per heavy atom. The highest BCUT2D eigenvalue weighted by molar-refractivity contribution is 7.72. The lowest BCUT2D eigenvalue weighted by Gasteiger charge is -2.33. The van der Waals surface area contributed by atoms with Crippen LogP contribution in [0.1, 0.15) is 9.75 Å². The molecule has 0 aliphatic rings. The van der Waals surface area contributed by atoms with E-state index < -0.39 is 66.5 Å².